The molecule has 0 spiro atoms. The molecule has 3 aromatic rings. The summed E-state index contributed by atoms with van der Waals surface area (Å²) in [5, 5.41) is 11.6. The Kier molecular flexibility index (Phi) is 8.89. The van der Waals surface area contributed by atoms with E-state index in [1.807, 2.05) is 54.6 Å². The highest BCUT2D eigenvalue weighted by Gasteiger charge is 2.29. The van der Waals surface area contributed by atoms with Crippen LogP contribution in [0.15, 0.2) is 78.9 Å². The quantitative estimate of drug-likeness (QED) is 0.362. The van der Waals surface area contributed by atoms with E-state index >= 15 is 0 Å². The zero-order valence-corrected chi connectivity index (χ0v) is 20.5. The van der Waals surface area contributed by atoms with E-state index in [9.17, 15) is 14.4 Å². The van der Waals surface area contributed by atoms with E-state index in [0.29, 0.717) is 6.54 Å². The second-order valence-electron chi connectivity index (χ2n) is 8.75. The van der Waals surface area contributed by atoms with Gasteiger partial charge in [-0.05, 0) is 27.8 Å². The van der Waals surface area contributed by atoms with Crippen LogP contribution in [0.4, 0.5) is 4.79 Å². The maximum Gasteiger partial charge on any atom is 0.407 e. The molecule has 37 heavy (non-hydrogen) atoms. The van der Waals surface area contributed by atoms with Crippen LogP contribution < -0.4 is 5.32 Å². The second kappa shape index (κ2) is 12.7. The molecule has 0 aliphatic heterocycles. The molecule has 192 valence electrons. The minimum atomic E-state index is -0.973. The lowest BCUT2D eigenvalue weighted by molar-refractivity contribution is -0.140. The Morgan fingerprint density at radius 1 is 0.865 bits per heavy atom. The average molecular weight is 503 g/mol. The van der Waals surface area contributed by atoms with E-state index < -0.39 is 12.1 Å². The smallest absolute Gasteiger partial charge is 0.407 e. The Morgan fingerprint density at radius 2 is 1.49 bits per heavy atom. The number of hydrogen-bond donors (Lipinski definition) is 2. The first kappa shape index (κ1) is 25.9. The molecule has 0 heterocycles. The van der Waals surface area contributed by atoms with E-state index in [2.05, 4.69) is 29.6 Å². The number of ether oxygens (including phenoxy) is 2. The van der Waals surface area contributed by atoms with Crippen LogP contribution in [0.5, 0.6) is 0 Å². The molecule has 1 aliphatic rings. The van der Waals surface area contributed by atoms with E-state index in [1.54, 1.807) is 0 Å². The number of amides is 2. The van der Waals surface area contributed by atoms with Crippen molar-refractivity contribution in [3.05, 3.63) is 95.6 Å². The molecule has 0 atom stereocenters. The van der Waals surface area contributed by atoms with Gasteiger partial charge in [-0.3, -0.25) is 9.59 Å². The summed E-state index contributed by atoms with van der Waals surface area (Å²) < 4.78 is 10.9. The predicted octanol–water partition coefficient (Wildman–Crippen LogP) is 4.05. The summed E-state index contributed by atoms with van der Waals surface area (Å²) in [5.41, 5.74) is 5.51. The molecule has 2 amide bonds. The van der Waals surface area contributed by atoms with Gasteiger partial charge in [-0.1, -0.05) is 78.9 Å². The van der Waals surface area contributed by atoms with Crippen LogP contribution in [0.1, 0.15) is 29.0 Å². The van der Waals surface area contributed by atoms with Gasteiger partial charge in [0, 0.05) is 25.6 Å². The van der Waals surface area contributed by atoms with Crippen LogP contribution in [-0.2, 0) is 25.6 Å². The summed E-state index contributed by atoms with van der Waals surface area (Å²) in [6, 6.07) is 25.6. The summed E-state index contributed by atoms with van der Waals surface area (Å²) in [6.07, 6.45) is -0.703. The van der Waals surface area contributed by atoms with Gasteiger partial charge >= 0.3 is 12.1 Å². The Morgan fingerprint density at radius 3 is 2.14 bits per heavy atom. The van der Waals surface area contributed by atoms with Gasteiger partial charge in [0.1, 0.15) is 13.2 Å². The monoisotopic (exact) mass is 502 g/mol. The maximum absolute atomic E-state index is 12.6. The Bertz CT molecular complexity index is 1180. The number of rotatable bonds is 12. The zero-order chi connectivity index (χ0) is 26.0. The van der Waals surface area contributed by atoms with Crippen molar-refractivity contribution in [3.8, 4) is 11.1 Å². The molecule has 4 rings (SSSR count). The van der Waals surface area contributed by atoms with Crippen LogP contribution in [-0.4, -0.2) is 60.9 Å². The number of carbonyl (C=O) groups is 3. The van der Waals surface area contributed by atoms with Gasteiger partial charge in [-0.25, -0.2) is 4.79 Å². The molecular weight excluding hydrogens is 472 g/mol. The lowest BCUT2D eigenvalue weighted by atomic mass is 9.98. The maximum atomic E-state index is 12.6. The highest BCUT2D eigenvalue weighted by Crippen LogP contribution is 2.44. The summed E-state index contributed by atoms with van der Waals surface area (Å²) in [4.78, 5) is 37.3. The summed E-state index contributed by atoms with van der Waals surface area (Å²) in [5.74, 6) is -1.31. The molecule has 0 bridgehead atoms. The summed E-state index contributed by atoms with van der Waals surface area (Å²) >= 11 is 0. The van der Waals surface area contributed by atoms with Crippen molar-refractivity contribution in [1.29, 1.82) is 0 Å². The van der Waals surface area contributed by atoms with E-state index in [-0.39, 0.29) is 51.2 Å². The molecule has 0 radical (unpaired) electrons. The van der Waals surface area contributed by atoms with Crippen molar-refractivity contribution in [1.82, 2.24) is 10.2 Å². The number of carbonyl (C=O) groups excluding carboxylic acids is 2. The molecule has 0 unspecified atom stereocenters. The van der Waals surface area contributed by atoms with Gasteiger partial charge in [-0.2, -0.15) is 0 Å². The molecule has 8 heteroatoms. The normalized spacial score (nSPS) is 11.9. The Balaban J connectivity index is 1.19. The molecule has 0 aromatic heterocycles. The van der Waals surface area contributed by atoms with E-state index in [4.69, 9.17) is 14.6 Å². The number of nitrogens with one attached hydrogen (secondary N) is 1. The zero-order valence-electron chi connectivity index (χ0n) is 20.5. The highest BCUT2D eigenvalue weighted by atomic mass is 16.5. The number of benzene rings is 3. The van der Waals surface area contributed by atoms with Gasteiger partial charge in [-0.15, -0.1) is 0 Å². The first-order chi connectivity index (χ1) is 18.0. The molecule has 0 fully saturated rings. The third-order valence-corrected chi connectivity index (χ3v) is 6.25. The minimum absolute atomic E-state index is 0.0200. The Hall–Kier alpha value is -4.17. The SMILES string of the molecule is O=C(O)CCN(Cc1ccccc1)C(=O)COCCNC(=O)OCC1c2ccccc2-c2ccccc21. The fourth-order valence-electron chi connectivity index (χ4n) is 4.45. The first-order valence-electron chi connectivity index (χ1n) is 12.2. The van der Waals surface area contributed by atoms with Crippen LogP contribution in [0.3, 0.4) is 0 Å². The lowest BCUT2D eigenvalue weighted by Gasteiger charge is -2.22. The third kappa shape index (κ3) is 6.95. The molecule has 0 saturated heterocycles. The molecule has 0 saturated carbocycles. The first-order valence-corrected chi connectivity index (χ1v) is 12.2. The summed E-state index contributed by atoms with van der Waals surface area (Å²) in [6.45, 7) is 0.695. The van der Waals surface area contributed by atoms with E-state index in [0.717, 1.165) is 27.8 Å². The van der Waals surface area contributed by atoms with Crippen molar-refractivity contribution in [2.45, 2.75) is 18.9 Å². The van der Waals surface area contributed by atoms with Gasteiger partial charge in [0.2, 0.25) is 5.91 Å². The number of aliphatic carboxylic acids is 1. The average Bonchev–Trinajstić information content (AvgIpc) is 3.23. The van der Waals surface area contributed by atoms with Crippen molar-refractivity contribution in [2.75, 3.05) is 32.9 Å². The number of fused-ring (bicyclic) bond motifs is 3. The van der Waals surface area contributed by atoms with Crippen molar-refractivity contribution < 1.29 is 29.0 Å². The lowest BCUT2D eigenvalue weighted by Crippen LogP contribution is -2.36. The number of carboxylic acids is 1. The summed E-state index contributed by atoms with van der Waals surface area (Å²) in [7, 11) is 0. The van der Waals surface area contributed by atoms with Crippen LogP contribution in [0.2, 0.25) is 0 Å². The van der Waals surface area contributed by atoms with Crippen LogP contribution in [0, 0.1) is 0 Å². The fraction of sp³-hybridized carbons (Fsp3) is 0.276. The van der Waals surface area contributed by atoms with Gasteiger partial charge in [0.25, 0.3) is 0 Å². The van der Waals surface area contributed by atoms with Crippen LogP contribution >= 0.6 is 0 Å². The standard InChI is InChI=1S/C29H30N2O6/c32-27(31(16-14-28(33)34)18-21-8-2-1-3-9-21)20-36-17-15-30-29(35)37-19-26-24-12-6-4-10-22(24)23-11-5-7-13-25(23)26/h1-13,26H,14-20H2,(H,30,35)(H,33,34). The second-order valence-corrected chi connectivity index (χ2v) is 8.75. The van der Waals surface area contributed by atoms with Gasteiger partial charge in [0.05, 0.1) is 13.0 Å². The number of alkyl carbamates (subject to hydrolysis) is 1. The largest absolute Gasteiger partial charge is 0.481 e. The van der Waals surface area contributed by atoms with Gasteiger partial charge in [0.15, 0.2) is 0 Å². The van der Waals surface area contributed by atoms with Gasteiger partial charge < -0.3 is 24.8 Å². The van der Waals surface area contributed by atoms with Crippen molar-refractivity contribution >= 4 is 18.0 Å². The molecule has 3 aromatic carbocycles. The number of hydrogen-bond acceptors (Lipinski definition) is 5. The number of carboxylic acid groups (broad SMARTS) is 1. The van der Waals surface area contributed by atoms with Crippen molar-refractivity contribution in [2.24, 2.45) is 0 Å². The Labute approximate surface area is 215 Å². The molecule has 8 nitrogen and oxygen atoms in total. The molecule has 1 aliphatic carbocycles. The highest BCUT2D eigenvalue weighted by molar-refractivity contribution is 5.79. The van der Waals surface area contributed by atoms with Crippen molar-refractivity contribution in [3.63, 3.8) is 0 Å². The number of nitrogens with zero attached hydrogens (tertiary/aromatic N) is 1. The minimum Gasteiger partial charge on any atom is -0.481 e. The third-order valence-electron chi connectivity index (χ3n) is 6.25. The fourth-order valence-corrected chi connectivity index (χ4v) is 4.45. The molecule has 2 N–H and O–H groups in total. The predicted molar refractivity (Wildman–Crippen MR) is 138 cm³/mol. The van der Waals surface area contributed by atoms with Crippen LogP contribution in [0.25, 0.3) is 11.1 Å². The molecular formula is C29H30N2O6. The van der Waals surface area contributed by atoms with E-state index in [1.165, 1.54) is 4.90 Å². The topological polar surface area (TPSA) is 105 Å².